The standard InChI is InChI=1S/C21H24N6OS/c1-28-19-7-8-22-13-18(19)14-3-6-20(23-10-14)26-15-4-5-16(9-15)27-21-24-11-17(29-2)12-25-21/h3,6-8,10-13,15-16H,4-5,9H2,1-2H3,(H,23,26)(H,24,25,27)/t15-,16-/m0/s1. The number of nitrogens with one attached hydrogen (secondary N) is 2. The lowest BCUT2D eigenvalue weighted by Gasteiger charge is -2.15. The fourth-order valence-corrected chi connectivity index (χ4v) is 3.86. The third-order valence-corrected chi connectivity index (χ3v) is 5.74. The Bertz CT molecular complexity index is 935. The molecule has 29 heavy (non-hydrogen) atoms. The Morgan fingerprint density at radius 2 is 1.76 bits per heavy atom. The van der Waals surface area contributed by atoms with Crippen molar-refractivity contribution >= 4 is 23.5 Å². The highest BCUT2D eigenvalue weighted by Crippen LogP contribution is 2.29. The summed E-state index contributed by atoms with van der Waals surface area (Å²) in [4.78, 5) is 18.6. The normalized spacial score (nSPS) is 18.4. The van der Waals surface area contributed by atoms with Crippen LogP contribution in [0.3, 0.4) is 0 Å². The molecule has 0 aromatic carbocycles. The summed E-state index contributed by atoms with van der Waals surface area (Å²) in [6.07, 6.45) is 14.3. The highest BCUT2D eigenvalue weighted by Gasteiger charge is 2.25. The van der Waals surface area contributed by atoms with E-state index >= 15 is 0 Å². The van der Waals surface area contributed by atoms with Gasteiger partial charge in [0.15, 0.2) is 0 Å². The Kier molecular flexibility index (Phi) is 6.09. The van der Waals surface area contributed by atoms with Gasteiger partial charge in [0, 0.05) is 59.1 Å². The van der Waals surface area contributed by atoms with Gasteiger partial charge in [0.25, 0.3) is 0 Å². The van der Waals surface area contributed by atoms with Crippen LogP contribution in [0, 0.1) is 0 Å². The lowest BCUT2D eigenvalue weighted by atomic mass is 10.1. The Morgan fingerprint density at radius 1 is 0.966 bits per heavy atom. The van der Waals surface area contributed by atoms with Gasteiger partial charge in [-0.15, -0.1) is 11.8 Å². The van der Waals surface area contributed by atoms with E-state index in [1.54, 1.807) is 31.3 Å². The molecule has 2 N–H and O–H groups in total. The van der Waals surface area contributed by atoms with Crippen molar-refractivity contribution in [2.24, 2.45) is 0 Å². The molecule has 1 aliphatic carbocycles. The van der Waals surface area contributed by atoms with Crippen molar-refractivity contribution in [3.8, 4) is 16.9 Å². The second-order valence-electron chi connectivity index (χ2n) is 6.95. The minimum absolute atomic E-state index is 0.367. The molecular formula is C21H24N6OS. The quantitative estimate of drug-likeness (QED) is 0.565. The SMILES string of the molecule is COc1ccncc1-c1ccc(N[C@H]2CC[C@H](Nc3ncc(SC)cn3)C2)nc1. The average Bonchev–Trinajstić information content (AvgIpc) is 3.21. The number of hydrogen-bond acceptors (Lipinski definition) is 8. The summed E-state index contributed by atoms with van der Waals surface area (Å²) in [6, 6.07) is 6.65. The number of ether oxygens (including phenoxy) is 1. The van der Waals surface area contributed by atoms with E-state index in [9.17, 15) is 0 Å². The number of aromatic nitrogens is 4. The molecule has 4 rings (SSSR count). The first kappa shape index (κ1) is 19.4. The van der Waals surface area contributed by atoms with Crippen molar-refractivity contribution in [3.63, 3.8) is 0 Å². The zero-order chi connectivity index (χ0) is 20.1. The largest absolute Gasteiger partial charge is 0.496 e. The minimum atomic E-state index is 0.367. The fraction of sp³-hybridized carbons (Fsp3) is 0.333. The summed E-state index contributed by atoms with van der Waals surface area (Å²) in [5, 5.41) is 6.98. The number of pyridine rings is 2. The molecule has 2 atom stereocenters. The molecule has 0 amide bonds. The maximum atomic E-state index is 5.41. The van der Waals surface area contributed by atoms with Gasteiger partial charge in [0.2, 0.25) is 5.95 Å². The minimum Gasteiger partial charge on any atom is -0.496 e. The molecule has 3 aromatic rings. The smallest absolute Gasteiger partial charge is 0.222 e. The third kappa shape index (κ3) is 4.76. The molecule has 1 aliphatic rings. The number of thioether (sulfide) groups is 1. The van der Waals surface area contributed by atoms with E-state index in [4.69, 9.17) is 4.74 Å². The molecule has 0 spiro atoms. The number of nitrogens with zero attached hydrogens (tertiary/aromatic N) is 4. The van der Waals surface area contributed by atoms with Crippen LogP contribution in [0.2, 0.25) is 0 Å². The molecule has 1 saturated carbocycles. The predicted molar refractivity (Wildman–Crippen MR) is 117 cm³/mol. The van der Waals surface area contributed by atoms with Crippen LogP contribution in [0.15, 0.2) is 54.1 Å². The monoisotopic (exact) mass is 408 g/mol. The van der Waals surface area contributed by atoms with Gasteiger partial charge < -0.3 is 15.4 Å². The van der Waals surface area contributed by atoms with E-state index in [0.717, 1.165) is 46.9 Å². The van der Waals surface area contributed by atoms with Crippen molar-refractivity contribution in [1.82, 2.24) is 19.9 Å². The highest BCUT2D eigenvalue weighted by molar-refractivity contribution is 7.98. The van der Waals surface area contributed by atoms with Gasteiger partial charge in [-0.05, 0) is 43.7 Å². The van der Waals surface area contributed by atoms with Gasteiger partial charge >= 0.3 is 0 Å². The fourth-order valence-electron chi connectivity index (χ4n) is 3.55. The Morgan fingerprint density at radius 3 is 2.45 bits per heavy atom. The Labute approximate surface area is 174 Å². The van der Waals surface area contributed by atoms with Crippen LogP contribution in [-0.2, 0) is 0 Å². The van der Waals surface area contributed by atoms with Gasteiger partial charge in [-0.3, -0.25) is 4.98 Å². The van der Waals surface area contributed by atoms with Crippen molar-refractivity contribution < 1.29 is 4.74 Å². The molecule has 0 bridgehead atoms. The lowest BCUT2D eigenvalue weighted by molar-refractivity contribution is 0.416. The van der Waals surface area contributed by atoms with Gasteiger partial charge in [-0.1, -0.05) is 0 Å². The van der Waals surface area contributed by atoms with Gasteiger partial charge in [-0.25, -0.2) is 15.0 Å². The van der Waals surface area contributed by atoms with Crippen LogP contribution in [0.5, 0.6) is 5.75 Å². The molecule has 3 heterocycles. The molecule has 7 nitrogen and oxygen atoms in total. The van der Waals surface area contributed by atoms with E-state index in [1.165, 1.54) is 0 Å². The summed E-state index contributed by atoms with van der Waals surface area (Å²) in [5.74, 6) is 2.36. The maximum absolute atomic E-state index is 5.41. The second-order valence-corrected chi connectivity index (χ2v) is 7.83. The van der Waals surface area contributed by atoms with Crippen molar-refractivity contribution in [3.05, 3.63) is 49.2 Å². The van der Waals surface area contributed by atoms with Gasteiger partial charge in [0.05, 0.1) is 7.11 Å². The predicted octanol–water partition coefficient (Wildman–Crippen LogP) is 4.11. The van der Waals surface area contributed by atoms with Gasteiger partial charge in [0.1, 0.15) is 11.6 Å². The summed E-state index contributed by atoms with van der Waals surface area (Å²) in [5.41, 5.74) is 1.92. The molecule has 0 unspecified atom stereocenters. The molecule has 0 radical (unpaired) electrons. The maximum Gasteiger partial charge on any atom is 0.222 e. The summed E-state index contributed by atoms with van der Waals surface area (Å²) < 4.78 is 5.41. The van der Waals surface area contributed by atoms with E-state index in [-0.39, 0.29) is 0 Å². The molecule has 0 saturated heterocycles. The molecule has 150 valence electrons. The molecule has 1 fully saturated rings. The topological polar surface area (TPSA) is 84.9 Å². The molecular weight excluding hydrogens is 384 g/mol. The third-order valence-electron chi connectivity index (χ3n) is 5.06. The number of hydrogen-bond donors (Lipinski definition) is 2. The first-order valence-electron chi connectivity index (χ1n) is 9.58. The molecule has 0 aliphatic heterocycles. The van der Waals surface area contributed by atoms with Crippen molar-refractivity contribution in [1.29, 1.82) is 0 Å². The van der Waals surface area contributed by atoms with E-state index in [2.05, 4.69) is 30.6 Å². The first-order chi connectivity index (χ1) is 14.2. The van der Waals surface area contributed by atoms with Crippen LogP contribution in [0.1, 0.15) is 19.3 Å². The zero-order valence-electron chi connectivity index (χ0n) is 16.5. The number of methoxy groups -OCH3 is 1. The lowest BCUT2D eigenvalue weighted by Crippen LogP contribution is -2.22. The van der Waals surface area contributed by atoms with Crippen molar-refractivity contribution in [2.75, 3.05) is 24.0 Å². The van der Waals surface area contributed by atoms with Crippen LogP contribution < -0.4 is 15.4 Å². The van der Waals surface area contributed by atoms with Gasteiger partial charge in [-0.2, -0.15) is 0 Å². The average molecular weight is 409 g/mol. The van der Waals surface area contributed by atoms with Crippen LogP contribution in [-0.4, -0.2) is 45.4 Å². The zero-order valence-corrected chi connectivity index (χ0v) is 17.3. The van der Waals surface area contributed by atoms with Crippen LogP contribution in [0.25, 0.3) is 11.1 Å². The Hall–Kier alpha value is -2.87. The van der Waals surface area contributed by atoms with Crippen molar-refractivity contribution in [2.45, 2.75) is 36.2 Å². The molecule has 8 heteroatoms. The first-order valence-corrected chi connectivity index (χ1v) is 10.8. The van der Waals surface area contributed by atoms with E-state index in [0.29, 0.717) is 18.0 Å². The van der Waals surface area contributed by atoms with Crippen LogP contribution in [0.4, 0.5) is 11.8 Å². The second kappa shape index (κ2) is 9.09. The number of rotatable bonds is 7. The van der Waals surface area contributed by atoms with E-state index < -0.39 is 0 Å². The summed E-state index contributed by atoms with van der Waals surface area (Å²) in [6.45, 7) is 0. The summed E-state index contributed by atoms with van der Waals surface area (Å²) in [7, 11) is 1.66. The highest BCUT2D eigenvalue weighted by atomic mass is 32.2. The van der Waals surface area contributed by atoms with E-state index in [1.807, 2.05) is 43.0 Å². The van der Waals surface area contributed by atoms with Crippen LogP contribution >= 0.6 is 11.8 Å². The molecule has 3 aromatic heterocycles. The summed E-state index contributed by atoms with van der Waals surface area (Å²) >= 11 is 1.64. The Balaban J connectivity index is 1.34. The number of anilines is 2.